The van der Waals surface area contributed by atoms with Crippen molar-refractivity contribution in [3.63, 3.8) is 0 Å². The van der Waals surface area contributed by atoms with Crippen LogP contribution in [0.3, 0.4) is 0 Å². The number of ether oxygens (including phenoxy) is 1. The van der Waals surface area contributed by atoms with Gasteiger partial charge in [-0.1, -0.05) is 116 Å². The molecular weight excluding hydrogens is 916 g/mol. The maximum atomic E-state index is 9.84. The average Bonchev–Trinajstić information content (AvgIpc) is 3.78. The molecule has 0 unspecified atom stereocenters. The van der Waals surface area contributed by atoms with Crippen molar-refractivity contribution >= 4 is 45.7 Å². The summed E-state index contributed by atoms with van der Waals surface area (Å²) in [5.74, 6) is 3.83. The summed E-state index contributed by atoms with van der Waals surface area (Å²) in [7, 11) is 0. The number of fused-ring (bicyclic) bond motifs is 5. The number of allylic oxidation sites excluding steroid dienone is 4. The smallest absolute Gasteiger partial charge is 0.317 e. The summed E-state index contributed by atoms with van der Waals surface area (Å²) in [6.07, 6.45) is 5.77. The fourth-order valence-corrected chi connectivity index (χ4v) is 8.08. The standard InChI is InChI=1S/C52H53BN5O.Pt/c1-50(2,3)32-36-34-55-28-15-14-26-53(55)43(33-51(4,5)6)49(36)57-35-56(45-21-12-13-22-46(45)57)38-17-16-18-39(30-38)59-40-23-24-42-41-19-10-11-20-44(41)58(47(42)31-40)48-29-37(25-27-54-48)52(7,8)9;/h10-29,34-35H,32-33H2,1-9H3;/q-3;/i32D2,33D2;. The summed E-state index contributed by atoms with van der Waals surface area (Å²) in [5, 5.41) is 2.14. The van der Waals surface area contributed by atoms with E-state index in [1.165, 1.54) is 5.56 Å². The molecular formula is C52H53BN5OPt-3. The maximum absolute atomic E-state index is 9.84. The van der Waals surface area contributed by atoms with Gasteiger partial charge in [-0.05, 0) is 94.3 Å². The Bertz CT molecular complexity index is 2920. The molecule has 3 aliphatic heterocycles. The maximum Gasteiger partial charge on any atom is 0.317 e. The van der Waals surface area contributed by atoms with Crippen molar-refractivity contribution in [2.24, 2.45) is 10.8 Å². The number of aromatic nitrogens is 2. The third-order valence-electron chi connectivity index (χ3n) is 10.6. The van der Waals surface area contributed by atoms with Gasteiger partial charge in [0, 0.05) is 66.8 Å². The van der Waals surface area contributed by atoms with Gasteiger partial charge < -0.3 is 23.9 Å². The number of benzene rings is 4. The minimum absolute atomic E-state index is 0. The molecule has 60 heavy (non-hydrogen) atoms. The number of anilines is 3. The summed E-state index contributed by atoms with van der Waals surface area (Å²) in [6, 6.07) is 37.4. The zero-order valence-corrected chi connectivity index (χ0v) is 38.0. The molecule has 6 aromatic rings. The van der Waals surface area contributed by atoms with Crippen molar-refractivity contribution in [3.8, 4) is 17.3 Å². The molecule has 0 aliphatic carbocycles. The first-order valence-corrected chi connectivity index (χ1v) is 20.4. The molecule has 3 aliphatic rings. The Morgan fingerprint density at radius 1 is 0.750 bits per heavy atom. The van der Waals surface area contributed by atoms with Gasteiger partial charge in [-0.3, -0.25) is 0 Å². The Balaban J connectivity index is 0.00000560. The average molecular weight is 974 g/mol. The fourth-order valence-electron chi connectivity index (χ4n) is 8.08. The first-order valence-electron chi connectivity index (χ1n) is 22.4. The largest absolute Gasteiger partial charge is 0.509 e. The quantitative estimate of drug-likeness (QED) is 0.118. The number of hydrogen-bond donors (Lipinski definition) is 0. The van der Waals surface area contributed by atoms with Crippen molar-refractivity contribution in [1.82, 2.24) is 14.4 Å². The van der Waals surface area contributed by atoms with Crippen LogP contribution >= 0.6 is 0 Å². The molecule has 0 saturated heterocycles. The summed E-state index contributed by atoms with van der Waals surface area (Å²) < 4.78 is 47.9. The van der Waals surface area contributed by atoms with Crippen LogP contribution < -0.4 is 14.5 Å². The van der Waals surface area contributed by atoms with Gasteiger partial charge in [0.15, 0.2) is 0 Å². The van der Waals surface area contributed by atoms with Crippen LogP contribution in [0.2, 0.25) is 0 Å². The Labute approximate surface area is 376 Å². The van der Waals surface area contributed by atoms with Crippen LogP contribution in [0.1, 0.15) is 86.1 Å². The second kappa shape index (κ2) is 15.6. The van der Waals surface area contributed by atoms with E-state index in [1.807, 2.05) is 160 Å². The number of rotatable bonds is 7. The summed E-state index contributed by atoms with van der Waals surface area (Å²) >= 11 is 0. The van der Waals surface area contributed by atoms with E-state index in [-0.39, 0.29) is 26.5 Å². The van der Waals surface area contributed by atoms with Gasteiger partial charge in [0.05, 0.1) is 0 Å². The molecule has 2 aromatic heterocycles. The Kier molecular flexibility index (Phi) is 9.54. The van der Waals surface area contributed by atoms with E-state index >= 15 is 0 Å². The minimum Gasteiger partial charge on any atom is -0.509 e. The first kappa shape index (κ1) is 36.6. The molecule has 0 radical (unpaired) electrons. The van der Waals surface area contributed by atoms with Crippen molar-refractivity contribution in [2.45, 2.75) is 80.5 Å². The number of pyridine rings is 1. The van der Waals surface area contributed by atoms with E-state index in [0.29, 0.717) is 33.9 Å². The summed E-state index contributed by atoms with van der Waals surface area (Å²) in [4.78, 5) is 10.8. The summed E-state index contributed by atoms with van der Waals surface area (Å²) in [5.41, 5.74) is 5.12. The topological polar surface area (TPSA) is 36.8 Å². The second-order valence-corrected chi connectivity index (χ2v) is 18.6. The normalized spacial score (nSPS) is 16.9. The molecule has 0 atom stereocenters. The van der Waals surface area contributed by atoms with E-state index in [9.17, 15) is 5.48 Å². The zero-order valence-electron chi connectivity index (χ0n) is 39.7. The van der Waals surface area contributed by atoms with Crippen molar-refractivity contribution < 1.29 is 31.3 Å². The Morgan fingerprint density at radius 3 is 2.22 bits per heavy atom. The molecule has 0 bridgehead atoms. The zero-order chi connectivity index (χ0) is 44.9. The van der Waals surface area contributed by atoms with Crippen LogP contribution in [0.25, 0.3) is 27.6 Å². The van der Waals surface area contributed by atoms with Gasteiger partial charge in [0.2, 0.25) is 0 Å². The molecule has 5 heterocycles. The van der Waals surface area contributed by atoms with Gasteiger partial charge in [-0.25, -0.2) is 4.98 Å². The van der Waals surface area contributed by atoms with E-state index < -0.39 is 30.4 Å². The third kappa shape index (κ3) is 8.01. The van der Waals surface area contributed by atoms with Crippen molar-refractivity contribution in [1.29, 1.82) is 0 Å². The van der Waals surface area contributed by atoms with Crippen LogP contribution in [-0.2, 0) is 26.5 Å². The van der Waals surface area contributed by atoms with Gasteiger partial charge >= 0.3 is 6.85 Å². The molecule has 8 heteroatoms. The van der Waals surface area contributed by atoms with Crippen LogP contribution in [0, 0.1) is 29.6 Å². The van der Waals surface area contributed by atoms with Gasteiger partial charge in [0.1, 0.15) is 5.82 Å². The van der Waals surface area contributed by atoms with Crippen LogP contribution in [0.15, 0.2) is 144 Å². The third-order valence-corrected chi connectivity index (χ3v) is 10.6. The van der Waals surface area contributed by atoms with Crippen LogP contribution in [0.5, 0.6) is 11.5 Å². The molecule has 0 fully saturated rings. The number of hydrogen-bond acceptors (Lipinski definition) is 5. The predicted octanol–water partition coefficient (Wildman–Crippen LogP) is 13.4. The minimum atomic E-state index is -1.87. The monoisotopic (exact) mass is 973 g/mol. The molecule has 4 aromatic carbocycles. The predicted molar refractivity (Wildman–Crippen MR) is 246 cm³/mol. The van der Waals surface area contributed by atoms with Crippen LogP contribution in [0.4, 0.5) is 17.1 Å². The number of para-hydroxylation sites is 3. The van der Waals surface area contributed by atoms with E-state index in [0.717, 1.165) is 39.0 Å². The van der Waals surface area contributed by atoms with Crippen molar-refractivity contribution in [3.05, 3.63) is 169 Å². The van der Waals surface area contributed by atoms with Gasteiger partial charge in [0.25, 0.3) is 0 Å². The molecule has 0 spiro atoms. The van der Waals surface area contributed by atoms with Crippen molar-refractivity contribution in [2.75, 3.05) is 9.80 Å². The molecule has 9 rings (SSSR count). The van der Waals surface area contributed by atoms with Crippen LogP contribution in [-0.4, -0.2) is 21.2 Å². The van der Waals surface area contributed by atoms with Gasteiger partial charge in [-0.2, -0.15) is 12.1 Å². The first-order chi connectivity index (χ1) is 29.7. The molecule has 0 saturated carbocycles. The number of nitrogens with zero attached hydrogens (tertiary/aromatic N) is 5. The molecule has 6 nitrogen and oxygen atoms in total. The van der Waals surface area contributed by atoms with Gasteiger partial charge in [-0.15, -0.1) is 48.1 Å². The van der Waals surface area contributed by atoms with E-state index in [1.54, 1.807) is 0 Å². The molecule has 0 N–H and O–H groups in total. The van der Waals surface area contributed by atoms with E-state index in [2.05, 4.69) is 67.8 Å². The Morgan fingerprint density at radius 2 is 1.47 bits per heavy atom. The molecule has 308 valence electrons. The molecule has 0 amide bonds. The Hall–Kier alpha value is -5.26. The summed E-state index contributed by atoms with van der Waals surface area (Å²) in [6.45, 7) is 19.5. The fraction of sp³-hybridized carbons (Fsp3) is 0.269. The van der Waals surface area contributed by atoms with E-state index in [4.69, 9.17) is 9.72 Å². The SMILES string of the molecule is [2H]C([2H])(C1=CN2C=CC=CB2C(C([2H])([2H])C(C)(C)C)=C1N1[CH-]N(c2[c-]c(Oc3[c-]c4c(cc3)c3ccccc3n4-c3cc(C(C)(C)C)ccn3)ccc2)c2ccccc21)C(C)(C)C.[Pt]. The second-order valence-electron chi connectivity index (χ2n) is 18.6.